The fraction of sp³-hybridized carbons (Fsp3) is 0.423. The average molecular weight is 478 g/mol. The lowest BCUT2D eigenvalue weighted by Crippen LogP contribution is -2.34. The van der Waals surface area contributed by atoms with E-state index in [4.69, 9.17) is 9.47 Å². The SMILES string of the molecule is COC(=O)[C@H]1CC[C@@]2(C=C(c3ccccc3C(C)(C)OC(F)(F)F)CO2)[C@@H]1c1ccc(F)cc1. The summed E-state index contributed by atoms with van der Waals surface area (Å²) in [6, 6.07) is 12.7. The maximum atomic E-state index is 13.6. The standard InChI is InChI=1S/C26H26F4O4/c1-24(2,34-26(28,29)30)21-7-5-4-6-19(21)17-14-25(33-15-17)13-12-20(23(31)32-3)22(25)16-8-10-18(27)11-9-16/h4-11,14,20,22H,12-13,15H2,1-3H3/t20-,22+,25+/m0/s1. The average Bonchev–Trinajstić information content (AvgIpc) is 3.37. The third-order valence-corrected chi connectivity index (χ3v) is 6.72. The number of hydrogen-bond donors (Lipinski definition) is 0. The first-order chi connectivity index (χ1) is 16.0. The minimum absolute atomic E-state index is 0.157. The topological polar surface area (TPSA) is 44.8 Å². The first-order valence-corrected chi connectivity index (χ1v) is 11.0. The fourth-order valence-electron chi connectivity index (χ4n) is 5.34. The number of benzene rings is 2. The Morgan fingerprint density at radius 3 is 2.41 bits per heavy atom. The number of alkyl halides is 3. The van der Waals surface area contributed by atoms with Gasteiger partial charge in [0.25, 0.3) is 0 Å². The highest BCUT2D eigenvalue weighted by atomic mass is 19.4. The van der Waals surface area contributed by atoms with Gasteiger partial charge in [-0.1, -0.05) is 36.4 Å². The van der Waals surface area contributed by atoms with E-state index < -0.39 is 35.2 Å². The molecule has 0 amide bonds. The van der Waals surface area contributed by atoms with Crippen LogP contribution in [0.15, 0.2) is 54.6 Å². The lowest BCUT2D eigenvalue weighted by atomic mass is 9.79. The lowest BCUT2D eigenvalue weighted by molar-refractivity contribution is -0.364. The second kappa shape index (κ2) is 8.82. The van der Waals surface area contributed by atoms with Crippen LogP contribution in [0.4, 0.5) is 17.6 Å². The van der Waals surface area contributed by atoms with E-state index in [9.17, 15) is 22.4 Å². The zero-order valence-corrected chi connectivity index (χ0v) is 19.1. The number of hydrogen-bond acceptors (Lipinski definition) is 4. The van der Waals surface area contributed by atoms with Gasteiger partial charge in [-0.05, 0) is 67.2 Å². The van der Waals surface area contributed by atoms with Crippen LogP contribution in [0, 0.1) is 11.7 Å². The largest absolute Gasteiger partial charge is 0.523 e. The Labute approximate surface area is 195 Å². The highest BCUT2D eigenvalue weighted by Gasteiger charge is 2.54. The van der Waals surface area contributed by atoms with Crippen LogP contribution in [0.2, 0.25) is 0 Å². The molecule has 1 aliphatic carbocycles. The van der Waals surface area contributed by atoms with Crippen molar-refractivity contribution in [2.45, 2.75) is 50.2 Å². The van der Waals surface area contributed by atoms with Gasteiger partial charge in [-0.2, -0.15) is 0 Å². The van der Waals surface area contributed by atoms with Gasteiger partial charge in [0.2, 0.25) is 0 Å². The van der Waals surface area contributed by atoms with E-state index in [0.717, 1.165) is 5.56 Å². The molecule has 0 aromatic heterocycles. The third kappa shape index (κ3) is 4.61. The number of methoxy groups -OCH3 is 1. The third-order valence-electron chi connectivity index (χ3n) is 6.72. The second-order valence-electron chi connectivity index (χ2n) is 9.21. The quantitative estimate of drug-likeness (QED) is 0.384. The Balaban J connectivity index is 1.77. The minimum Gasteiger partial charge on any atom is -0.469 e. The van der Waals surface area contributed by atoms with Gasteiger partial charge < -0.3 is 9.47 Å². The molecule has 1 saturated carbocycles. The molecule has 0 saturated heterocycles. The van der Waals surface area contributed by atoms with Crippen molar-refractivity contribution >= 4 is 11.5 Å². The smallest absolute Gasteiger partial charge is 0.469 e. The molecule has 0 bridgehead atoms. The summed E-state index contributed by atoms with van der Waals surface area (Å²) in [4.78, 5) is 12.6. The second-order valence-corrected chi connectivity index (χ2v) is 9.21. The van der Waals surface area contributed by atoms with Crippen molar-refractivity contribution in [1.29, 1.82) is 0 Å². The van der Waals surface area contributed by atoms with Crippen molar-refractivity contribution in [2.24, 2.45) is 5.92 Å². The highest BCUT2D eigenvalue weighted by molar-refractivity contribution is 5.77. The number of halogens is 4. The Bertz CT molecular complexity index is 1090. The number of carbonyl (C=O) groups is 1. The van der Waals surface area contributed by atoms with Gasteiger partial charge in [-0.15, -0.1) is 13.2 Å². The summed E-state index contributed by atoms with van der Waals surface area (Å²) in [5, 5.41) is 0. The number of rotatable bonds is 5. The van der Waals surface area contributed by atoms with Gasteiger partial charge in [0, 0.05) is 5.92 Å². The highest BCUT2D eigenvalue weighted by Crippen LogP contribution is 2.54. The van der Waals surface area contributed by atoms with Gasteiger partial charge in [0.15, 0.2) is 0 Å². The molecule has 34 heavy (non-hydrogen) atoms. The fourth-order valence-corrected chi connectivity index (χ4v) is 5.34. The van der Waals surface area contributed by atoms with Crippen LogP contribution in [0.25, 0.3) is 5.57 Å². The monoisotopic (exact) mass is 478 g/mol. The molecule has 3 atom stereocenters. The molecule has 2 aliphatic rings. The molecular formula is C26H26F4O4. The van der Waals surface area contributed by atoms with Crippen LogP contribution < -0.4 is 0 Å². The van der Waals surface area contributed by atoms with Crippen LogP contribution in [-0.2, 0) is 24.6 Å². The van der Waals surface area contributed by atoms with Gasteiger partial charge in [0.1, 0.15) is 5.82 Å². The summed E-state index contributed by atoms with van der Waals surface area (Å²) in [6.07, 6.45) is -1.87. The molecule has 4 nitrogen and oxygen atoms in total. The Kier molecular flexibility index (Phi) is 6.33. The Morgan fingerprint density at radius 2 is 1.76 bits per heavy atom. The maximum Gasteiger partial charge on any atom is 0.523 e. The van der Waals surface area contributed by atoms with E-state index in [1.807, 2.05) is 6.08 Å². The first kappa shape index (κ1) is 24.4. The van der Waals surface area contributed by atoms with Crippen LogP contribution in [0.3, 0.4) is 0 Å². The molecule has 182 valence electrons. The van der Waals surface area contributed by atoms with E-state index in [2.05, 4.69) is 4.74 Å². The van der Waals surface area contributed by atoms with Crippen molar-refractivity contribution in [3.63, 3.8) is 0 Å². The lowest BCUT2D eigenvalue weighted by Gasteiger charge is -2.31. The predicted molar refractivity (Wildman–Crippen MR) is 117 cm³/mol. The molecular weight excluding hydrogens is 452 g/mol. The molecule has 1 spiro atoms. The molecule has 0 radical (unpaired) electrons. The number of carbonyl (C=O) groups excluding carboxylic acids is 1. The maximum absolute atomic E-state index is 13.6. The van der Waals surface area contributed by atoms with Crippen molar-refractivity contribution in [3.05, 3.63) is 77.1 Å². The molecule has 8 heteroatoms. The molecule has 1 heterocycles. The van der Waals surface area contributed by atoms with E-state index in [-0.39, 0.29) is 12.6 Å². The predicted octanol–water partition coefficient (Wildman–Crippen LogP) is 6.12. The van der Waals surface area contributed by atoms with Crippen molar-refractivity contribution in [1.82, 2.24) is 0 Å². The summed E-state index contributed by atoms with van der Waals surface area (Å²) in [5.74, 6) is -1.69. The normalized spacial score (nSPS) is 25.0. The van der Waals surface area contributed by atoms with Crippen molar-refractivity contribution in [2.75, 3.05) is 13.7 Å². The molecule has 1 fully saturated rings. The van der Waals surface area contributed by atoms with Gasteiger partial charge >= 0.3 is 12.3 Å². The number of ether oxygens (including phenoxy) is 3. The van der Waals surface area contributed by atoms with Gasteiger partial charge in [-0.3, -0.25) is 9.53 Å². The summed E-state index contributed by atoms with van der Waals surface area (Å²) in [7, 11) is 1.32. The van der Waals surface area contributed by atoms with Crippen LogP contribution in [-0.4, -0.2) is 31.6 Å². The van der Waals surface area contributed by atoms with E-state index in [1.54, 1.807) is 36.4 Å². The summed E-state index contributed by atoms with van der Waals surface area (Å²) in [6.45, 7) is 2.90. The molecule has 2 aromatic carbocycles. The minimum atomic E-state index is -4.80. The van der Waals surface area contributed by atoms with E-state index in [1.165, 1.54) is 33.1 Å². The van der Waals surface area contributed by atoms with Crippen LogP contribution in [0.5, 0.6) is 0 Å². The molecule has 1 aliphatic heterocycles. The molecule has 0 unspecified atom stereocenters. The molecule has 2 aromatic rings. The summed E-state index contributed by atoms with van der Waals surface area (Å²) < 4.78 is 68.6. The summed E-state index contributed by atoms with van der Waals surface area (Å²) in [5.41, 5.74) is -0.0823. The van der Waals surface area contributed by atoms with Crippen molar-refractivity contribution in [3.8, 4) is 0 Å². The number of esters is 1. The van der Waals surface area contributed by atoms with Gasteiger partial charge in [-0.25, -0.2) is 4.39 Å². The first-order valence-electron chi connectivity index (χ1n) is 11.0. The van der Waals surface area contributed by atoms with E-state index >= 15 is 0 Å². The Morgan fingerprint density at radius 1 is 1.09 bits per heavy atom. The molecule has 4 rings (SSSR count). The van der Waals surface area contributed by atoms with Crippen LogP contribution in [0.1, 0.15) is 49.3 Å². The summed E-state index contributed by atoms with van der Waals surface area (Å²) >= 11 is 0. The zero-order valence-electron chi connectivity index (χ0n) is 19.1. The van der Waals surface area contributed by atoms with Crippen molar-refractivity contribution < 1.29 is 36.6 Å². The Hall–Kier alpha value is -2.71. The molecule has 0 N–H and O–H groups in total. The van der Waals surface area contributed by atoms with Gasteiger partial charge in [0.05, 0.1) is 30.8 Å². The van der Waals surface area contributed by atoms with Crippen LogP contribution >= 0.6 is 0 Å². The zero-order chi connectivity index (χ0) is 24.7. The van der Waals surface area contributed by atoms with E-state index in [0.29, 0.717) is 29.5 Å².